The number of rotatable bonds is 4. The second kappa shape index (κ2) is 6.38. The molecule has 1 saturated heterocycles. The second-order valence-corrected chi connectivity index (χ2v) is 5.68. The van der Waals surface area contributed by atoms with Crippen molar-refractivity contribution in [3.63, 3.8) is 0 Å². The molecule has 1 aliphatic heterocycles. The molecule has 0 aromatic rings. The van der Waals surface area contributed by atoms with Gasteiger partial charge in [-0.05, 0) is 38.0 Å². The number of esters is 1. The van der Waals surface area contributed by atoms with E-state index in [1.165, 1.54) is 0 Å². The Balaban J connectivity index is 2.53. The van der Waals surface area contributed by atoms with E-state index in [9.17, 15) is 9.59 Å². The fourth-order valence-corrected chi connectivity index (χ4v) is 1.98. The van der Waals surface area contributed by atoms with Gasteiger partial charge in [-0.2, -0.15) is 0 Å². The lowest BCUT2D eigenvalue weighted by Gasteiger charge is -2.24. The quantitative estimate of drug-likeness (QED) is 0.481. The van der Waals surface area contributed by atoms with Crippen LogP contribution >= 0.6 is 12.2 Å². The Morgan fingerprint density at radius 1 is 1.39 bits per heavy atom. The Morgan fingerprint density at radius 2 is 2.06 bits per heavy atom. The van der Waals surface area contributed by atoms with Gasteiger partial charge in [0, 0.05) is 5.41 Å². The summed E-state index contributed by atoms with van der Waals surface area (Å²) in [6, 6.07) is -0.0877. The maximum Gasteiger partial charge on any atom is 0.381 e. The molecule has 5 heteroatoms. The van der Waals surface area contributed by atoms with Gasteiger partial charge in [-0.25, -0.2) is 4.79 Å². The van der Waals surface area contributed by atoms with Crippen LogP contribution in [0.15, 0.2) is 0 Å². The number of ketones is 1. The molecular formula is C13H21NO3S. The molecule has 18 heavy (non-hydrogen) atoms. The minimum atomic E-state index is -0.834. The van der Waals surface area contributed by atoms with Crippen LogP contribution in [0.3, 0.4) is 0 Å². The number of hydrogen-bond donors (Lipinski definition) is 1. The predicted octanol–water partition coefficient (Wildman–Crippen LogP) is 2.00. The molecule has 1 fully saturated rings. The van der Waals surface area contributed by atoms with Crippen LogP contribution in [0.25, 0.3) is 0 Å². The van der Waals surface area contributed by atoms with E-state index < -0.39 is 17.2 Å². The van der Waals surface area contributed by atoms with Gasteiger partial charge in [-0.1, -0.05) is 27.2 Å². The van der Waals surface area contributed by atoms with Crippen molar-refractivity contribution < 1.29 is 14.3 Å². The normalized spacial score (nSPS) is 20.3. The van der Waals surface area contributed by atoms with Crippen molar-refractivity contribution in [1.82, 2.24) is 5.32 Å². The van der Waals surface area contributed by atoms with E-state index in [0.29, 0.717) is 6.42 Å². The summed E-state index contributed by atoms with van der Waals surface area (Å²) < 4.78 is 5.02. The Bertz CT molecular complexity index is 346. The smallest absolute Gasteiger partial charge is 0.381 e. The first-order chi connectivity index (χ1) is 8.38. The molecule has 0 amide bonds. The number of ether oxygens (including phenoxy) is 1. The molecule has 0 aromatic carbocycles. The van der Waals surface area contributed by atoms with Gasteiger partial charge in [0.15, 0.2) is 5.05 Å². The molecule has 1 rings (SSSR count). The Hall–Kier alpha value is -0.810. The van der Waals surface area contributed by atoms with Gasteiger partial charge in [-0.3, -0.25) is 4.79 Å². The summed E-state index contributed by atoms with van der Waals surface area (Å²) in [4.78, 5) is 23.6. The summed E-state index contributed by atoms with van der Waals surface area (Å²) in [5.41, 5.74) is -0.688. The number of hydrogen-bond acceptors (Lipinski definition) is 5. The van der Waals surface area contributed by atoms with Crippen molar-refractivity contribution in [2.75, 3.05) is 6.54 Å². The molecule has 1 aliphatic rings. The van der Waals surface area contributed by atoms with E-state index in [1.54, 1.807) is 13.8 Å². The molecule has 1 unspecified atom stereocenters. The second-order valence-electron chi connectivity index (χ2n) is 5.28. The zero-order chi connectivity index (χ0) is 13.8. The summed E-state index contributed by atoms with van der Waals surface area (Å²) in [5.74, 6) is -1.35. The van der Waals surface area contributed by atoms with E-state index in [-0.39, 0.29) is 11.1 Å². The van der Waals surface area contributed by atoms with Crippen molar-refractivity contribution in [2.24, 2.45) is 5.41 Å². The molecule has 0 radical (unpaired) electrons. The minimum absolute atomic E-state index is 0.0877. The molecule has 1 heterocycles. The van der Waals surface area contributed by atoms with Crippen LogP contribution in [-0.4, -0.2) is 29.4 Å². The van der Waals surface area contributed by atoms with Crippen molar-refractivity contribution in [1.29, 1.82) is 0 Å². The van der Waals surface area contributed by atoms with Gasteiger partial charge >= 0.3 is 5.97 Å². The highest BCUT2D eigenvalue weighted by Crippen LogP contribution is 2.22. The lowest BCUT2D eigenvalue weighted by Crippen LogP contribution is -2.43. The number of nitrogens with one attached hydrogen (secondary N) is 1. The summed E-state index contributed by atoms with van der Waals surface area (Å²) >= 11 is 5.07. The van der Waals surface area contributed by atoms with Crippen molar-refractivity contribution in [2.45, 2.75) is 52.5 Å². The maximum atomic E-state index is 11.9. The van der Waals surface area contributed by atoms with Crippen molar-refractivity contribution >= 4 is 29.0 Å². The van der Waals surface area contributed by atoms with Crippen molar-refractivity contribution in [3.05, 3.63) is 0 Å². The van der Waals surface area contributed by atoms with Gasteiger partial charge in [0.2, 0.25) is 5.78 Å². The standard InChI is InChI=1S/C13H21NO3S/c1-4-13(2,3)10(15)11(16)17-12(18)9-7-5-6-8-14-9/h9,14H,4-8H2,1-3H3. The summed E-state index contributed by atoms with van der Waals surface area (Å²) in [7, 11) is 0. The third-order valence-electron chi connectivity index (χ3n) is 3.47. The first-order valence-corrected chi connectivity index (χ1v) is 6.83. The monoisotopic (exact) mass is 271 g/mol. The Kier molecular flexibility index (Phi) is 5.41. The van der Waals surface area contributed by atoms with E-state index in [1.807, 2.05) is 6.92 Å². The van der Waals surface area contributed by atoms with Crippen LogP contribution in [-0.2, 0) is 14.3 Å². The average Bonchev–Trinajstić information content (AvgIpc) is 2.38. The van der Waals surface area contributed by atoms with E-state index in [0.717, 1.165) is 25.8 Å². The third-order valence-corrected chi connectivity index (χ3v) is 3.84. The van der Waals surface area contributed by atoms with E-state index in [2.05, 4.69) is 5.32 Å². The first-order valence-electron chi connectivity index (χ1n) is 6.42. The van der Waals surface area contributed by atoms with Crippen LogP contribution in [0.2, 0.25) is 0 Å². The molecule has 4 nitrogen and oxygen atoms in total. The van der Waals surface area contributed by atoms with Gasteiger partial charge in [0.25, 0.3) is 0 Å². The summed E-state index contributed by atoms with van der Waals surface area (Å²) in [6.45, 7) is 6.21. The molecule has 1 N–H and O–H groups in total. The number of piperidine rings is 1. The molecular weight excluding hydrogens is 250 g/mol. The first kappa shape index (κ1) is 15.2. The highest BCUT2D eigenvalue weighted by atomic mass is 32.1. The van der Waals surface area contributed by atoms with Crippen LogP contribution in [0, 0.1) is 5.41 Å². The Labute approximate surface area is 113 Å². The van der Waals surface area contributed by atoms with Crippen LogP contribution < -0.4 is 5.32 Å². The Morgan fingerprint density at radius 3 is 2.56 bits per heavy atom. The molecule has 0 aliphatic carbocycles. The van der Waals surface area contributed by atoms with Crippen molar-refractivity contribution in [3.8, 4) is 0 Å². The van der Waals surface area contributed by atoms with Crippen LogP contribution in [0.5, 0.6) is 0 Å². The van der Waals surface area contributed by atoms with Gasteiger partial charge in [0.1, 0.15) is 0 Å². The van der Waals surface area contributed by atoms with Crippen LogP contribution in [0.4, 0.5) is 0 Å². The van der Waals surface area contributed by atoms with E-state index >= 15 is 0 Å². The number of carbonyl (C=O) groups is 2. The fourth-order valence-electron chi connectivity index (χ4n) is 1.70. The van der Waals surface area contributed by atoms with Gasteiger partial charge in [-0.15, -0.1) is 0 Å². The maximum absolute atomic E-state index is 11.9. The van der Waals surface area contributed by atoms with E-state index in [4.69, 9.17) is 17.0 Å². The third kappa shape index (κ3) is 3.85. The summed E-state index contributed by atoms with van der Waals surface area (Å²) in [6.07, 6.45) is 3.62. The average molecular weight is 271 g/mol. The van der Waals surface area contributed by atoms with Gasteiger partial charge in [0.05, 0.1) is 6.04 Å². The number of carbonyl (C=O) groups excluding carboxylic acids is 2. The fraction of sp³-hybridized carbons (Fsp3) is 0.769. The lowest BCUT2D eigenvalue weighted by molar-refractivity contribution is -0.152. The highest BCUT2D eigenvalue weighted by molar-refractivity contribution is 7.80. The lowest BCUT2D eigenvalue weighted by atomic mass is 9.85. The molecule has 0 saturated carbocycles. The SMILES string of the molecule is CCC(C)(C)C(=O)C(=O)OC(=S)C1CCCCN1. The minimum Gasteiger partial charge on any atom is -0.412 e. The highest BCUT2D eigenvalue weighted by Gasteiger charge is 2.34. The number of Topliss-reactive ketones (excluding diaryl/α,β-unsaturated/α-hetero) is 1. The molecule has 0 bridgehead atoms. The zero-order valence-electron chi connectivity index (χ0n) is 11.2. The predicted molar refractivity (Wildman–Crippen MR) is 73.4 cm³/mol. The molecule has 102 valence electrons. The van der Waals surface area contributed by atoms with Crippen LogP contribution in [0.1, 0.15) is 46.5 Å². The topological polar surface area (TPSA) is 55.4 Å². The van der Waals surface area contributed by atoms with Gasteiger partial charge < -0.3 is 10.1 Å². The number of thiocarbonyl (C=S) groups is 1. The molecule has 0 spiro atoms. The summed E-state index contributed by atoms with van der Waals surface area (Å²) in [5, 5.41) is 3.38. The zero-order valence-corrected chi connectivity index (χ0v) is 12.1. The largest absolute Gasteiger partial charge is 0.412 e. The molecule has 0 aromatic heterocycles. The molecule has 1 atom stereocenters.